The standard InChI is InChI=1S/C19H17BrClN5/c20-13-2-1-3-15(8-13)25(10-12-4-5-12)18-16-7-6-14(21)9-17(16)26-11-22-24-19(26)23-18/h1-3,6-9,12,22H,4-5,10-11H2. The molecule has 2 heterocycles. The fraction of sp³-hybridized carbons (Fsp3) is 0.263. The van der Waals surface area contributed by atoms with E-state index in [1.165, 1.54) is 12.8 Å². The average Bonchev–Trinajstić information content (AvgIpc) is 3.33. The Morgan fingerprint density at radius 1 is 1.23 bits per heavy atom. The minimum Gasteiger partial charge on any atom is -0.325 e. The number of guanidine groups is 1. The number of nitrogens with one attached hydrogen (secondary N) is 1. The van der Waals surface area contributed by atoms with Gasteiger partial charge in [-0.3, -0.25) is 10.3 Å². The first kappa shape index (κ1) is 16.1. The largest absolute Gasteiger partial charge is 0.325 e. The minimum absolute atomic E-state index is 0.610. The van der Waals surface area contributed by atoms with Gasteiger partial charge in [-0.25, -0.2) is 0 Å². The van der Waals surface area contributed by atoms with Gasteiger partial charge in [-0.05, 0) is 55.2 Å². The number of benzene rings is 2. The molecule has 0 amide bonds. The lowest BCUT2D eigenvalue weighted by Crippen LogP contribution is -2.41. The number of aliphatic imine (C=N–C) groups is 1. The number of nitrogens with zero attached hydrogens (tertiary/aromatic N) is 4. The summed E-state index contributed by atoms with van der Waals surface area (Å²) in [5.41, 5.74) is 6.28. The van der Waals surface area contributed by atoms with Gasteiger partial charge >= 0.3 is 0 Å². The van der Waals surface area contributed by atoms with E-state index in [1.807, 2.05) is 18.2 Å². The summed E-state index contributed by atoms with van der Waals surface area (Å²) in [6.45, 7) is 1.57. The van der Waals surface area contributed by atoms with Gasteiger partial charge in [0, 0.05) is 27.3 Å². The third kappa shape index (κ3) is 2.87. The predicted octanol–water partition coefficient (Wildman–Crippen LogP) is 4.42. The molecule has 1 N–H and O–H groups in total. The first-order chi connectivity index (χ1) is 12.7. The Kier molecular flexibility index (Phi) is 3.90. The zero-order valence-electron chi connectivity index (χ0n) is 14.0. The zero-order chi connectivity index (χ0) is 17.7. The number of rotatable bonds is 3. The lowest BCUT2D eigenvalue weighted by molar-refractivity contribution is 0.806. The van der Waals surface area contributed by atoms with Gasteiger partial charge in [0.1, 0.15) is 12.5 Å². The maximum atomic E-state index is 6.28. The first-order valence-electron chi connectivity index (χ1n) is 8.69. The van der Waals surface area contributed by atoms with E-state index in [-0.39, 0.29) is 0 Å². The topological polar surface area (TPSA) is 43.2 Å². The van der Waals surface area contributed by atoms with E-state index in [4.69, 9.17) is 16.6 Å². The summed E-state index contributed by atoms with van der Waals surface area (Å²) in [4.78, 5) is 9.27. The fourth-order valence-corrected chi connectivity index (χ4v) is 3.93. The second kappa shape index (κ2) is 6.28. The highest BCUT2D eigenvalue weighted by molar-refractivity contribution is 9.10. The van der Waals surface area contributed by atoms with Crippen LogP contribution in [0.3, 0.4) is 0 Å². The molecule has 5 rings (SSSR count). The van der Waals surface area contributed by atoms with Crippen molar-refractivity contribution < 1.29 is 0 Å². The lowest BCUT2D eigenvalue weighted by atomic mass is 10.1. The summed E-state index contributed by atoms with van der Waals surface area (Å²) in [5.74, 6) is 2.33. The van der Waals surface area contributed by atoms with Crippen molar-refractivity contribution in [1.82, 2.24) is 5.43 Å². The van der Waals surface area contributed by atoms with Crippen molar-refractivity contribution in [3.63, 3.8) is 0 Å². The SMILES string of the molecule is Clc1ccc2c(c1)N1CNN=C1N=C2N(CC1CC1)c1cccc(Br)c1. The van der Waals surface area contributed by atoms with E-state index in [2.05, 4.69) is 60.5 Å². The second-order valence-electron chi connectivity index (χ2n) is 6.79. The quantitative estimate of drug-likeness (QED) is 0.784. The predicted molar refractivity (Wildman–Crippen MR) is 110 cm³/mol. The van der Waals surface area contributed by atoms with Crippen LogP contribution < -0.4 is 15.2 Å². The van der Waals surface area contributed by atoms with E-state index in [9.17, 15) is 0 Å². The highest BCUT2D eigenvalue weighted by Crippen LogP contribution is 2.36. The normalized spacial score (nSPS) is 17.8. The third-order valence-corrected chi connectivity index (χ3v) is 5.59. The molecule has 132 valence electrons. The molecule has 0 bridgehead atoms. The molecular weight excluding hydrogens is 414 g/mol. The molecule has 0 saturated heterocycles. The van der Waals surface area contributed by atoms with Gasteiger partial charge in [0.2, 0.25) is 0 Å². The summed E-state index contributed by atoms with van der Waals surface area (Å²) >= 11 is 9.88. The van der Waals surface area contributed by atoms with Crippen molar-refractivity contribution in [2.75, 3.05) is 23.0 Å². The van der Waals surface area contributed by atoms with Crippen molar-refractivity contribution in [1.29, 1.82) is 0 Å². The Labute approximate surface area is 165 Å². The fourth-order valence-electron chi connectivity index (χ4n) is 3.38. The smallest absolute Gasteiger partial charge is 0.250 e. The molecule has 2 aromatic rings. The maximum absolute atomic E-state index is 6.28. The highest BCUT2D eigenvalue weighted by Gasteiger charge is 2.34. The molecular formula is C19H17BrClN5. The van der Waals surface area contributed by atoms with Gasteiger partial charge in [-0.15, -0.1) is 5.10 Å². The molecule has 0 unspecified atom stereocenters. The van der Waals surface area contributed by atoms with Crippen molar-refractivity contribution in [2.24, 2.45) is 16.0 Å². The monoisotopic (exact) mass is 429 g/mol. The molecule has 3 aliphatic rings. The first-order valence-corrected chi connectivity index (χ1v) is 9.86. The van der Waals surface area contributed by atoms with E-state index in [1.54, 1.807) is 0 Å². The Bertz CT molecular complexity index is 937. The van der Waals surface area contributed by atoms with Crippen LogP contribution in [-0.4, -0.2) is 25.0 Å². The lowest BCUT2D eigenvalue weighted by Gasteiger charge is -2.33. The molecule has 1 saturated carbocycles. The zero-order valence-corrected chi connectivity index (χ0v) is 16.3. The summed E-state index contributed by atoms with van der Waals surface area (Å²) in [7, 11) is 0. The Morgan fingerprint density at radius 3 is 2.92 bits per heavy atom. The average molecular weight is 431 g/mol. The molecule has 5 nitrogen and oxygen atoms in total. The van der Waals surface area contributed by atoms with Gasteiger partial charge in [-0.1, -0.05) is 33.6 Å². The van der Waals surface area contributed by atoms with Gasteiger partial charge in [-0.2, -0.15) is 4.99 Å². The number of fused-ring (bicyclic) bond motifs is 3. The molecule has 0 atom stereocenters. The summed E-state index contributed by atoms with van der Waals surface area (Å²) in [5, 5.41) is 5.07. The van der Waals surface area contributed by atoms with E-state index >= 15 is 0 Å². The molecule has 2 aliphatic heterocycles. The van der Waals surface area contributed by atoms with Crippen LogP contribution in [0.25, 0.3) is 0 Å². The van der Waals surface area contributed by atoms with Crippen LogP contribution in [0.1, 0.15) is 18.4 Å². The molecule has 0 aromatic heterocycles. The van der Waals surface area contributed by atoms with E-state index in [0.717, 1.165) is 33.8 Å². The van der Waals surface area contributed by atoms with Gasteiger partial charge in [0.05, 0.1) is 5.69 Å². The number of hydrogen-bond donors (Lipinski definition) is 1. The van der Waals surface area contributed by atoms with E-state index in [0.29, 0.717) is 23.6 Å². The molecule has 0 radical (unpaired) electrons. The Morgan fingerprint density at radius 2 is 2.12 bits per heavy atom. The number of hydrogen-bond acceptors (Lipinski definition) is 5. The third-order valence-electron chi connectivity index (χ3n) is 4.86. The van der Waals surface area contributed by atoms with E-state index < -0.39 is 0 Å². The van der Waals surface area contributed by atoms with Crippen molar-refractivity contribution in [3.8, 4) is 0 Å². The number of amidine groups is 1. The molecule has 2 aromatic carbocycles. The van der Waals surface area contributed by atoms with Crippen LogP contribution in [0, 0.1) is 5.92 Å². The number of halogens is 2. The van der Waals surface area contributed by atoms with Crippen LogP contribution in [-0.2, 0) is 0 Å². The van der Waals surface area contributed by atoms with Gasteiger partial charge < -0.3 is 4.90 Å². The molecule has 0 spiro atoms. The molecule has 1 aliphatic carbocycles. The number of hydrazone groups is 1. The summed E-state index contributed by atoms with van der Waals surface area (Å²) < 4.78 is 1.06. The Balaban J connectivity index is 1.65. The molecule has 1 fully saturated rings. The van der Waals surface area contributed by atoms with Crippen LogP contribution in [0.2, 0.25) is 5.02 Å². The van der Waals surface area contributed by atoms with Crippen molar-refractivity contribution >= 4 is 50.7 Å². The number of anilines is 2. The minimum atomic E-state index is 0.610. The van der Waals surface area contributed by atoms with Crippen LogP contribution >= 0.6 is 27.5 Å². The molecule has 7 heteroatoms. The molecule has 26 heavy (non-hydrogen) atoms. The summed E-state index contributed by atoms with van der Waals surface area (Å²) in [6, 6.07) is 14.4. The van der Waals surface area contributed by atoms with Gasteiger partial charge in [0.15, 0.2) is 0 Å². The van der Waals surface area contributed by atoms with Crippen LogP contribution in [0.15, 0.2) is 57.0 Å². The Hall–Kier alpha value is -2.05. The van der Waals surface area contributed by atoms with Crippen LogP contribution in [0.5, 0.6) is 0 Å². The maximum Gasteiger partial charge on any atom is 0.250 e. The van der Waals surface area contributed by atoms with Crippen molar-refractivity contribution in [3.05, 3.63) is 57.5 Å². The summed E-state index contributed by atoms with van der Waals surface area (Å²) in [6.07, 6.45) is 2.56. The van der Waals surface area contributed by atoms with Gasteiger partial charge in [0.25, 0.3) is 5.96 Å². The van der Waals surface area contributed by atoms with Crippen molar-refractivity contribution in [2.45, 2.75) is 12.8 Å². The van der Waals surface area contributed by atoms with Crippen LogP contribution in [0.4, 0.5) is 11.4 Å². The highest BCUT2D eigenvalue weighted by atomic mass is 79.9. The second-order valence-corrected chi connectivity index (χ2v) is 8.14.